The molecule has 3 heterocycles. The molecule has 2 fully saturated rings. The minimum absolute atomic E-state index is 0.191. The molecule has 1 atom stereocenters. The van der Waals surface area contributed by atoms with Gasteiger partial charge in [0.1, 0.15) is 5.60 Å². The minimum atomic E-state index is -0.233. The average Bonchev–Trinajstić information content (AvgIpc) is 3.28. The third kappa shape index (κ3) is 5.23. The van der Waals surface area contributed by atoms with Gasteiger partial charge in [-0.25, -0.2) is 4.79 Å². The van der Waals surface area contributed by atoms with Crippen LogP contribution in [-0.2, 0) is 4.74 Å². The van der Waals surface area contributed by atoms with Gasteiger partial charge < -0.3 is 19.1 Å². The maximum absolute atomic E-state index is 12.3. The van der Waals surface area contributed by atoms with E-state index in [2.05, 4.69) is 47.1 Å². The lowest BCUT2D eigenvalue weighted by molar-refractivity contribution is 0.0518. The summed E-state index contributed by atoms with van der Waals surface area (Å²) in [4.78, 5) is 25.5. The SMILES string of the molecule is CCC(CN(C)C)c1cc(-c2nc(C3CCN(C(=O)OC4(C)CC4)CC3)no2)ccn1. The van der Waals surface area contributed by atoms with E-state index in [0.717, 1.165) is 55.7 Å². The summed E-state index contributed by atoms with van der Waals surface area (Å²) in [5.41, 5.74) is 1.72. The molecule has 0 radical (unpaired) electrons. The van der Waals surface area contributed by atoms with E-state index in [4.69, 9.17) is 9.26 Å². The number of hydrogen-bond donors (Lipinski definition) is 0. The molecule has 8 heteroatoms. The van der Waals surface area contributed by atoms with Crippen LogP contribution in [0, 0.1) is 0 Å². The Bertz CT molecular complexity index is 900. The summed E-state index contributed by atoms with van der Waals surface area (Å²) in [6.45, 7) is 6.44. The van der Waals surface area contributed by atoms with Crippen LogP contribution < -0.4 is 0 Å². The molecule has 31 heavy (non-hydrogen) atoms. The zero-order chi connectivity index (χ0) is 22.0. The summed E-state index contributed by atoms with van der Waals surface area (Å²) in [7, 11) is 4.15. The van der Waals surface area contributed by atoms with E-state index < -0.39 is 0 Å². The molecule has 168 valence electrons. The van der Waals surface area contributed by atoms with E-state index in [1.165, 1.54) is 0 Å². The molecule has 1 aliphatic carbocycles. The molecule has 2 aromatic rings. The van der Waals surface area contributed by atoms with E-state index in [9.17, 15) is 4.79 Å². The van der Waals surface area contributed by atoms with Gasteiger partial charge in [0.25, 0.3) is 5.89 Å². The molecule has 2 aliphatic rings. The quantitative estimate of drug-likeness (QED) is 0.659. The van der Waals surface area contributed by atoms with Gasteiger partial charge >= 0.3 is 6.09 Å². The van der Waals surface area contributed by atoms with Crippen LogP contribution in [0.1, 0.15) is 69.3 Å². The lowest BCUT2D eigenvalue weighted by Crippen LogP contribution is -2.40. The molecule has 1 amide bonds. The van der Waals surface area contributed by atoms with Crippen molar-refractivity contribution in [1.29, 1.82) is 0 Å². The van der Waals surface area contributed by atoms with Crippen molar-refractivity contribution in [3.8, 4) is 11.5 Å². The van der Waals surface area contributed by atoms with Gasteiger partial charge in [0.05, 0.1) is 0 Å². The number of amides is 1. The van der Waals surface area contributed by atoms with Crippen molar-refractivity contribution in [2.45, 2.75) is 63.4 Å². The van der Waals surface area contributed by atoms with Gasteiger partial charge in [-0.1, -0.05) is 12.1 Å². The van der Waals surface area contributed by atoms with Crippen molar-refractivity contribution in [3.05, 3.63) is 29.8 Å². The Hall–Kier alpha value is -2.48. The number of nitrogens with zero attached hydrogens (tertiary/aromatic N) is 5. The van der Waals surface area contributed by atoms with E-state index in [-0.39, 0.29) is 17.6 Å². The number of likely N-dealkylation sites (tertiary alicyclic amines) is 1. The van der Waals surface area contributed by atoms with Gasteiger partial charge in [-0.05, 0) is 65.3 Å². The number of pyridine rings is 1. The number of hydrogen-bond acceptors (Lipinski definition) is 7. The molecule has 0 N–H and O–H groups in total. The normalized spacial score (nSPS) is 19.5. The van der Waals surface area contributed by atoms with E-state index in [1.54, 1.807) is 4.90 Å². The number of rotatable bonds is 7. The highest BCUT2D eigenvalue weighted by molar-refractivity contribution is 5.68. The maximum Gasteiger partial charge on any atom is 0.410 e. The van der Waals surface area contributed by atoms with Gasteiger partial charge in [0.2, 0.25) is 0 Å². The third-order valence-corrected chi connectivity index (χ3v) is 6.37. The molecular formula is C23H33N5O3. The molecule has 2 aromatic heterocycles. The summed E-state index contributed by atoms with van der Waals surface area (Å²) in [6.07, 6.45) is 6.19. The van der Waals surface area contributed by atoms with Crippen LogP contribution in [0.2, 0.25) is 0 Å². The van der Waals surface area contributed by atoms with Crippen LogP contribution >= 0.6 is 0 Å². The van der Waals surface area contributed by atoms with Crippen LogP contribution in [0.5, 0.6) is 0 Å². The van der Waals surface area contributed by atoms with Crippen LogP contribution in [-0.4, -0.2) is 70.3 Å². The number of carbonyl (C=O) groups is 1. The number of likely N-dealkylation sites (N-methyl/N-ethyl adjacent to an activating group) is 1. The number of piperidine rings is 1. The van der Waals surface area contributed by atoms with Gasteiger partial charge in [-0.2, -0.15) is 4.98 Å². The first-order chi connectivity index (χ1) is 14.9. The minimum Gasteiger partial charge on any atom is -0.443 e. The molecule has 1 saturated heterocycles. The van der Waals surface area contributed by atoms with Crippen molar-refractivity contribution < 1.29 is 14.1 Å². The Morgan fingerprint density at radius 2 is 2.10 bits per heavy atom. The number of aromatic nitrogens is 3. The summed E-state index contributed by atoms with van der Waals surface area (Å²) in [6, 6.07) is 3.98. The predicted molar refractivity (Wildman–Crippen MR) is 117 cm³/mol. The first-order valence-electron chi connectivity index (χ1n) is 11.3. The van der Waals surface area contributed by atoms with Crippen LogP contribution in [0.4, 0.5) is 4.79 Å². The second kappa shape index (κ2) is 8.94. The Labute approximate surface area is 184 Å². The fraction of sp³-hybridized carbons (Fsp3) is 0.652. The smallest absolute Gasteiger partial charge is 0.410 e. The Kier molecular flexibility index (Phi) is 6.27. The van der Waals surface area contributed by atoms with Crippen molar-refractivity contribution in [3.63, 3.8) is 0 Å². The van der Waals surface area contributed by atoms with Crippen LogP contribution in [0.3, 0.4) is 0 Å². The summed E-state index contributed by atoms with van der Waals surface area (Å²) in [5.74, 6) is 1.80. The van der Waals surface area contributed by atoms with E-state index >= 15 is 0 Å². The second-order valence-corrected chi connectivity index (χ2v) is 9.37. The van der Waals surface area contributed by atoms with Gasteiger partial charge in [-0.3, -0.25) is 4.98 Å². The number of carbonyl (C=O) groups excluding carboxylic acids is 1. The predicted octanol–water partition coefficient (Wildman–Crippen LogP) is 4.06. The van der Waals surface area contributed by atoms with Gasteiger partial charge in [0.15, 0.2) is 5.82 Å². The Morgan fingerprint density at radius 1 is 1.35 bits per heavy atom. The highest BCUT2D eigenvalue weighted by Gasteiger charge is 2.43. The largest absolute Gasteiger partial charge is 0.443 e. The summed E-state index contributed by atoms with van der Waals surface area (Å²) in [5, 5.41) is 4.25. The third-order valence-electron chi connectivity index (χ3n) is 6.37. The first-order valence-corrected chi connectivity index (χ1v) is 11.3. The van der Waals surface area contributed by atoms with E-state index in [1.807, 2.05) is 19.2 Å². The van der Waals surface area contributed by atoms with Gasteiger partial charge in [0, 0.05) is 48.9 Å². The molecule has 0 spiro atoms. The van der Waals surface area contributed by atoms with Crippen molar-refractivity contribution in [2.24, 2.45) is 0 Å². The average molecular weight is 428 g/mol. The maximum atomic E-state index is 12.3. The highest BCUT2D eigenvalue weighted by Crippen LogP contribution is 2.39. The van der Waals surface area contributed by atoms with Crippen molar-refractivity contribution in [1.82, 2.24) is 24.9 Å². The lowest BCUT2D eigenvalue weighted by atomic mass is 9.96. The van der Waals surface area contributed by atoms with Gasteiger partial charge in [-0.15, -0.1) is 0 Å². The zero-order valence-electron chi connectivity index (χ0n) is 19.0. The topological polar surface area (TPSA) is 84.6 Å². The van der Waals surface area contributed by atoms with Crippen molar-refractivity contribution in [2.75, 3.05) is 33.7 Å². The van der Waals surface area contributed by atoms with Crippen LogP contribution in [0.25, 0.3) is 11.5 Å². The number of ether oxygens (including phenoxy) is 1. The molecule has 4 rings (SSSR count). The first kappa shape index (κ1) is 21.7. The summed E-state index contributed by atoms with van der Waals surface area (Å²) < 4.78 is 11.2. The lowest BCUT2D eigenvalue weighted by Gasteiger charge is -2.30. The highest BCUT2D eigenvalue weighted by atomic mass is 16.6. The molecule has 1 saturated carbocycles. The van der Waals surface area contributed by atoms with Crippen LogP contribution in [0.15, 0.2) is 22.9 Å². The fourth-order valence-corrected chi connectivity index (χ4v) is 4.07. The molecule has 1 aliphatic heterocycles. The summed E-state index contributed by atoms with van der Waals surface area (Å²) >= 11 is 0. The molecular weight excluding hydrogens is 394 g/mol. The fourth-order valence-electron chi connectivity index (χ4n) is 4.07. The monoisotopic (exact) mass is 427 g/mol. The molecule has 0 aromatic carbocycles. The van der Waals surface area contributed by atoms with E-state index in [0.29, 0.717) is 24.9 Å². The standard InChI is InChI=1S/C23H33N5O3/c1-5-16(15-27(3)4)19-14-18(6-11-24-19)21-25-20(26-31-21)17-7-12-28(13-8-17)22(29)30-23(2)9-10-23/h6,11,14,16-17H,5,7-10,12-13,15H2,1-4H3. The molecule has 0 bridgehead atoms. The molecule has 1 unspecified atom stereocenters. The zero-order valence-corrected chi connectivity index (χ0v) is 19.0. The Balaban J connectivity index is 1.39. The van der Waals surface area contributed by atoms with Crippen molar-refractivity contribution >= 4 is 6.09 Å². The molecule has 8 nitrogen and oxygen atoms in total. The second-order valence-electron chi connectivity index (χ2n) is 9.37. The Morgan fingerprint density at radius 3 is 2.74 bits per heavy atom.